The van der Waals surface area contributed by atoms with Crippen molar-refractivity contribution < 1.29 is 24.2 Å². The molecule has 8 nitrogen and oxygen atoms in total. The molecule has 0 saturated carbocycles. The van der Waals surface area contributed by atoms with Crippen LogP contribution in [0.5, 0.6) is 5.75 Å². The van der Waals surface area contributed by atoms with Crippen LogP contribution >= 0.6 is 11.8 Å². The molecule has 2 aromatic carbocycles. The number of amides is 3. The van der Waals surface area contributed by atoms with Crippen LogP contribution in [0.4, 0.5) is 10.5 Å². The van der Waals surface area contributed by atoms with Crippen molar-refractivity contribution in [1.82, 2.24) is 10.2 Å². The van der Waals surface area contributed by atoms with Gasteiger partial charge in [-0.05, 0) is 76.7 Å². The van der Waals surface area contributed by atoms with Gasteiger partial charge < -0.3 is 25.4 Å². The van der Waals surface area contributed by atoms with Gasteiger partial charge in [0.1, 0.15) is 23.4 Å². The van der Waals surface area contributed by atoms with Crippen LogP contribution in [0, 0.1) is 13.8 Å². The first kappa shape index (κ1) is 33.0. The zero-order valence-electron chi connectivity index (χ0n) is 24.9. The number of alkyl carbamates (subject to hydrolysis) is 1. The van der Waals surface area contributed by atoms with Crippen LogP contribution in [0.15, 0.2) is 42.5 Å². The van der Waals surface area contributed by atoms with E-state index in [0.717, 1.165) is 18.4 Å². The average molecular weight is 572 g/mol. The molecular weight excluding hydrogens is 526 g/mol. The molecule has 0 aliphatic rings. The smallest absolute Gasteiger partial charge is 0.408 e. The summed E-state index contributed by atoms with van der Waals surface area (Å²) in [5, 5.41) is 16.8. The summed E-state index contributed by atoms with van der Waals surface area (Å²) in [5.41, 5.74) is 1.68. The number of anilines is 1. The molecule has 0 bridgehead atoms. The summed E-state index contributed by atoms with van der Waals surface area (Å²) in [7, 11) is 0. The molecule has 2 rings (SSSR count). The molecule has 0 saturated heterocycles. The van der Waals surface area contributed by atoms with Crippen molar-refractivity contribution in [1.29, 1.82) is 0 Å². The highest BCUT2D eigenvalue weighted by molar-refractivity contribution is 7.98. The number of thioether (sulfide) groups is 1. The molecule has 0 radical (unpaired) electrons. The minimum absolute atomic E-state index is 0.0403. The van der Waals surface area contributed by atoms with E-state index in [1.54, 1.807) is 63.7 Å². The topological polar surface area (TPSA) is 108 Å². The monoisotopic (exact) mass is 571 g/mol. The molecular formula is C31H45N3O5S. The Kier molecular flexibility index (Phi) is 12.8. The maximum atomic E-state index is 14.3. The Morgan fingerprint density at radius 2 is 1.70 bits per heavy atom. The van der Waals surface area contributed by atoms with Crippen LogP contribution in [0.2, 0.25) is 0 Å². The Balaban J connectivity index is 2.59. The predicted molar refractivity (Wildman–Crippen MR) is 163 cm³/mol. The van der Waals surface area contributed by atoms with Crippen LogP contribution in [0.3, 0.4) is 0 Å². The van der Waals surface area contributed by atoms with Crippen molar-refractivity contribution in [3.63, 3.8) is 0 Å². The van der Waals surface area contributed by atoms with Crippen LogP contribution in [-0.2, 0) is 14.3 Å². The van der Waals surface area contributed by atoms with Gasteiger partial charge in [-0.25, -0.2) is 4.79 Å². The summed E-state index contributed by atoms with van der Waals surface area (Å²) in [5.74, 6) is -0.269. The number of unbranched alkanes of at least 4 members (excludes halogenated alkanes) is 2. The summed E-state index contributed by atoms with van der Waals surface area (Å²) in [6.07, 6.45) is 4.02. The molecule has 2 aromatic rings. The van der Waals surface area contributed by atoms with Gasteiger partial charge >= 0.3 is 6.09 Å². The number of nitrogens with one attached hydrogen (secondary N) is 2. The zero-order chi connectivity index (χ0) is 29.9. The number of phenolic OH excluding ortho intramolecular Hbond substituents is 1. The van der Waals surface area contributed by atoms with E-state index < -0.39 is 35.6 Å². The summed E-state index contributed by atoms with van der Waals surface area (Å²) in [6, 6.07) is 10.6. The quantitative estimate of drug-likeness (QED) is 0.242. The van der Waals surface area contributed by atoms with Gasteiger partial charge in [-0.3, -0.25) is 9.59 Å². The second-order valence-corrected chi connectivity index (χ2v) is 11.9. The summed E-state index contributed by atoms with van der Waals surface area (Å²) in [6.45, 7) is 11.3. The van der Waals surface area contributed by atoms with E-state index in [4.69, 9.17) is 4.74 Å². The summed E-state index contributed by atoms with van der Waals surface area (Å²) < 4.78 is 5.45. The number of ether oxygens (including phenoxy) is 1. The molecule has 0 spiro atoms. The van der Waals surface area contributed by atoms with E-state index in [1.165, 1.54) is 4.90 Å². The number of aromatic hydroxyl groups is 1. The minimum Gasteiger partial charge on any atom is -0.507 e. The summed E-state index contributed by atoms with van der Waals surface area (Å²) >= 11 is 1.56. The fourth-order valence-electron chi connectivity index (χ4n) is 4.31. The highest BCUT2D eigenvalue weighted by atomic mass is 32.2. The van der Waals surface area contributed by atoms with Gasteiger partial charge in [-0.2, -0.15) is 11.8 Å². The Hall–Kier alpha value is -3.20. The molecule has 0 aliphatic heterocycles. The van der Waals surface area contributed by atoms with Crippen molar-refractivity contribution in [2.75, 3.05) is 23.9 Å². The Morgan fingerprint density at radius 3 is 2.33 bits per heavy atom. The Bertz CT molecular complexity index is 1150. The van der Waals surface area contributed by atoms with Gasteiger partial charge in [0, 0.05) is 17.8 Å². The van der Waals surface area contributed by atoms with Crippen molar-refractivity contribution >= 4 is 35.4 Å². The maximum Gasteiger partial charge on any atom is 0.408 e. The third kappa shape index (κ3) is 9.77. The van der Waals surface area contributed by atoms with Crippen LogP contribution in [-0.4, -0.2) is 58.1 Å². The average Bonchev–Trinajstić information content (AvgIpc) is 2.88. The third-order valence-corrected chi connectivity index (χ3v) is 7.06. The highest BCUT2D eigenvalue weighted by Crippen LogP contribution is 2.34. The molecule has 2 atom stereocenters. The van der Waals surface area contributed by atoms with Crippen LogP contribution in [0.25, 0.3) is 0 Å². The molecule has 220 valence electrons. The number of benzene rings is 2. The lowest BCUT2D eigenvalue weighted by Crippen LogP contribution is -2.52. The SMILES string of the molecule is CCCCCN(C(=O)C(CCSC)NC(=O)OC(C)(C)C)C(C(=O)Nc1ccccc1C)c1cccc(C)c1O. The van der Waals surface area contributed by atoms with E-state index in [9.17, 15) is 19.5 Å². The molecule has 0 aromatic heterocycles. The molecule has 0 fully saturated rings. The normalized spacial score (nSPS) is 12.8. The lowest BCUT2D eigenvalue weighted by molar-refractivity contribution is -0.141. The van der Waals surface area contributed by atoms with Crippen molar-refractivity contribution in [3.05, 3.63) is 59.2 Å². The number of nitrogens with zero attached hydrogens (tertiary/aromatic N) is 1. The number of hydrogen-bond acceptors (Lipinski definition) is 6. The largest absolute Gasteiger partial charge is 0.507 e. The number of hydrogen-bond donors (Lipinski definition) is 3. The van der Waals surface area contributed by atoms with Gasteiger partial charge in [0.05, 0.1) is 0 Å². The Labute approximate surface area is 243 Å². The zero-order valence-corrected chi connectivity index (χ0v) is 25.7. The third-order valence-electron chi connectivity index (χ3n) is 6.41. The number of rotatable bonds is 13. The van der Waals surface area contributed by atoms with Gasteiger partial charge in [0.2, 0.25) is 5.91 Å². The molecule has 40 heavy (non-hydrogen) atoms. The highest BCUT2D eigenvalue weighted by Gasteiger charge is 2.37. The fraction of sp³-hybridized carbons (Fsp3) is 0.516. The first-order chi connectivity index (χ1) is 18.9. The first-order valence-electron chi connectivity index (χ1n) is 13.8. The Morgan fingerprint density at radius 1 is 1.02 bits per heavy atom. The number of carbonyl (C=O) groups is 3. The van der Waals surface area contributed by atoms with E-state index in [1.807, 2.05) is 31.4 Å². The van der Waals surface area contributed by atoms with Gasteiger partial charge in [0.15, 0.2) is 0 Å². The molecule has 2 unspecified atom stereocenters. The van der Waals surface area contributed by atoms with E-state index in [0.29, 0.717) is 35.4 Å². The molecule has 3 N–H and O–H groups in total. The van der Waals surface area contributed by atoms with Crippen molar-refractivity contribution in [2.24, 2.45) is 0 Å². The lowest BCUT2D eigenvalue weighted by atomic mass is 9.98. The van der Waals surface area contributed by atoms with Crippen LogP contribution < -0.4 is 10.6 Å². The molecule has 3 amide bonds. The van der Waals surface area contributed by atoms with E-state index in [-0.39, 0.29) is 12.3 Å². The lowest BCUT2D eigenvalue weighted by Gasteiger charge is -2.35. The minimum atomic E-state index is -1.12. The van der Waals surface area contributed by atoms with Gasteiger partial charge in [-0.15, -0.1) is 0 Å². The number of carbonyl (C=O) groups excluding carboxylic acids is 3. The molecule has 0 aliphatic carbocycles. The maximum absolute atomic E-state index is 14.3. The van der Waals surface area contributed by atoms with Gasteiger partial charge in [0.25, 0.3) is 5.91 Å². The molecule has 0 heterocycles. The van der Waals surface area contributed by atoms with Crippen LogP contribution in [0.1, 0.15) is 76.1 Å². The van der Waals surface area contributed by atoms with E-state index >= 15 is 0 Å². The number of phenols is 1. The second kappa shape index (κ2) is 15.6. The predicted octanol–water partition coefficient (Wildman–Crippen LogP) is 6.35. The number of aryl methyl sites for hydroxylation is 2. The first-order valence-corrected chi connectivity index (χ1v) is 15.2. The number of para-hydroxylation sites is 2. The standard InChI is InChI=1S/C31H45N3O5S/c1-8-9-12-19-34(29(37)25(18-20-40-7)33-30(38)39-31(4,5)6)26(23-16-13-15-22(3)27(23)35)28(36)32-24-17-11-10-14-21(24)2/h10-11,13-17,25-26,35H,8-9,12,18-20H2,1-7H3,(H,32,36)(H,33,38). The van der Waals surface area contributed by atoms with Crippen molar-refractivity contribution in [3.8, 4) is 5.75 Å². The molecule has 9 heteroatoms. The van der Waals surface area contributed by atoms with Crippen molar-refractivity contribution in [2.45, 2.75) is 84.9 Å². The van der Waals surface area contributed by atoms with Gasteiger partial charge in [-0.1, -0.05) is 56.2 Å². The fourth-order valence-corrected chi connectivity index (χ4v) is 4.78. The summed E-state index contributed by atoms with van der Waals surface area (Å²) in [4.78, 5) is 42.5. The van der Waals surface area contributed by atoms with E-state index in [2.05, 4.69) is 17.6 Å². The second-order valence-electron chi connectivity index (χ2n) is 10.9.